The Bertz CT molecular complexity index is 371. The van der Waals surface area contributed by atoms with Crippen LogP contribution in [0.2, 0.25) is 0 Å². The highest BCUT2D eigenvalue weighted by molar-refractivity contribution is 5.33. The first-order chi connectivity index (χ1) is 9.35. The van der Waals surface area contributed by atoms with Crippen LogP contribution in [0, 0.1) is 5.92 Å². The molecule has 2 rings (SSSR count). The van der Waals surface area contributed by atoms with Crippen molar-refractivity contribution in [2.45, 2.75) is 58.0 Å². The minimum Gasteiger partial charge on any atom is -0.496 e. The van der Waals surface area contributed by atoms with Crippen LogP contribution in [0.5, 0.6) is 5.75 Å². The second-order valence-corrected chi connectivity index (χ2v) is 5.61. The van der Waals surface area contributed by atoms with Gasteiger partial charge in [-0.3, -0.25) is 0 Å². The van der Waals surface area contributed by atoms with Crippen LogP contribution >= 0.6 is 0 Å². The van der Waals surface area contributed by atoms with Gasteiger partial charge in [0.1, 0.15) is 5.75 Å². The molecule has 1 aliphatic rings. The molecule has 1 unspecified atom stereocenters. The summed E-state index contributed by atoms with van der Waals surface area (Å²) in [5, 5.41) is 3.75. The maximum atomic E-state index is 5.42. The third kappa shape index (κ3) is 3.97. The van der Waals surface area contributed by atoms with Crippen molar-refractivity contribution in [2.24, 2.45) is 5.92 Å². The highest BCUT2D eigenvalue weighted by Crippen LogP contribution is 2.28. The van der Waals surface area contributed by atoms with Crippen LogP contribution in [0.1, 0.15) is 51.0 Å². The molecule has 0 bridgehead atoms. The molecule has 1 fully saturated rings. The van der Waals surface area contributed by atoms with Gasteiger partial charge in [-0.25, -0.2) is 0 Å². The molecule has 2 nitrogen and oxygen atoms in total. The highest BCUT2D eigenvalue weighted by Gasteiger charge is 2.21. The molecule has 1 aromatic rings. The molecule has 1 saturated carbocycles. The Morgan fingerprint density at radius 1 is 1.21 bits per heavy atom. The van der Waals surface area contributed by atoms with Crippen LogP contribution in [0.4, 0.5) is 0 Å². The summed E-state index contributed by atoms with van der Waals surface area (Å²) in [6, 6.07) is 8.96. The molecule has 1 aliphatic carbocycles. The zero-order valence-corrected chi connectivity index (χ0v) is 12.3. The zero-order valence-electron chi connectivity index (χ0n) is 12.3. The molecule has 0 aromatic heterocycles. The molecule has 1 aromatic carbocycles. The lowest BCUT2D eigenvalue weighted by molar-refractivity contribution is 0.261. The molecular formula is C17H27NO. The number of rotatable bonds is 6. The maximum absolute atomic E-state index is 5.42. The van der Waals surface area contributed by atoms with Crippen molar-refractivity contribution in [3.8, 4) is 5.75 Å². The molecule has 0 saturated heterocycles. The quantitative estimate of drug-likeness (QED) is 0.831. The lowest BCUT2D eigenvalue weighted by atomic mass is 9.83. The average molecular weight is 261 g/mol. The van der Waals surface area contributed by atoms with E-state index in [4.69, 9.17) is 4.74 Å². The van der Waals surface area contributed by atoms with Gasteiger partial charge in [0, 0.05) is 18.2 Å². The molecule has 0 heterocycles. The minimum absolute atomic E-state index is 0.658. The van der Waals surface area contributed by atoms with Gasteiger partial charge in [-0.2, -0.15) is 0 Å². The van der Waals surface area contributed by atoms with E-state index >= 15 is 0 Å². The van der Waals surface area contributed by atoms with Crippen molar-refractivity contribution in [1.29, 1.82) is 0 Å². The molecule has 2 heteroatoms. The topological polar surface area (TPSA) is 21.3 Å². The second-order valence-electron chi connectivity index (χ2n) is 5.61. The smallest absolute Gasteiger partial charge is 0.123 e. The maximum Gasteiger partial charge on any atom is 0.123 e. The Balaban J connectivity index is 1.91. The Morgan fingerprint density at radius 2 is 1.95 bits per heavy atom. The highest BCUT2D eigenvalue weighted by atomic mass is 16.5. The van der Waals surface area contributed by atoms with E-state index in [0.29, 0.717) is 6.04 Å². The summed E-state index contributed by atoms with van der Waals surface area (Å²) in [5.41, 5.74) is 1.26. The predicted molar refractivity (Wildman–Crippen MR) is 80.5 cm³/mol. The van der Waals surface area contributed by atoms with E-state index in [0.717, 1.165) is 18.2 Å². The van der Waals surface area contributed by atoms with E-state index in [-0.39, 0.29) is 0 Å². The van der Waals surface area contributed by atoms with Crippen molar-refractivity contribution < 1.29 is 4.74 Å². The first kappa shape index (κ1) is 14.4. The third-order valence-electron chi connectivity index (χ3n) is 4.41. The second kappa shape index (κ2) is 7.54. The molecule has 106 valence electrons. The number of benzene rings is 1. The van der Waals surface area contributed by atoms with Gasteiger partial charge in [0.05, 0.1) is 7.11 Å². The van der Waals surface area contributed by atoms with Crippen LogP contribution in [0.25, 0.3) is 0 Å². The van der Waals surface area contributed by atoms with Crippen LogP contribution in [-0.4, -0.2) is 13.2 Å². The molecule has 0 spiro atoms. The molecule has 0 amide bonds. The van der Waals surface area contributed by atoms with E-state index in [1.54, 1.807) is 7.11 Å². The average Bonchev–Trinajstić information content (AvgIpc) is 2.49. The molecule has 0 aliphatic heterocycles. The molecular weight excluding hydrogens is 234 g/mol. The number of para-hydroxylation sites is 1. The third-order valence-corrected chi connectivity index (χ3v) is 4.41. The summed E-state index contributed by atoms with van der Waals surface area (Å²) >= 11 is 0. The standard InChI is InChI=1S/C17H27NO/c1-3-16(14-9-5-4-6-10-14)18-13-15-11-7-8-12-17(15)19-2/h7-8,11-12,14,16,18H,3-6,9-10,13H2,1-2H3. The number of hydrogen-bond acceptors (Lipinski definition) is 2. The largest absolute Gasteiger partial charge is 0.496 e. The summed E-state index contributed by atoms with van der Waals surface area (Å²) < 4.78 is 5.42. The lowest BCUT2D eigenvalue weighted by Crippen LogP contribution is -2.36. The van der Waals surface area contributed by atoms with Gasteiger partial charge in [0.2, 0.25) is 0 Å². The minimum atomic E-state index is 0.658. The van der Waals surface area contributed by atoms with Crippen LogP contribution < -0.4 is 10.1 Å². The van der Waals surface area contributed by atoms with Crippen molar-refractivity contribution in [3.05, 3.63) is 29.8 Å². The van der Waals surface area contributed by atoms with Crippen molar-refractivity contribution in [2.75, 3.05) is 7.11 Å². The lowest BCUT2D eigenvalue weighted by Gasteiger charge is -2.30. The first-order valence-corrected chi connectivity index (χ1v) is 7.70. The Kier molecular flexibility index (Phi) is 5.71. The fraction of sp³-hybridized carbons (Fsp3) is 0.647. The SMILES string of the molecule is CCC(NCc1ccccc1OC)C1CCCCC1. The fourth-order valence-corrected chi connectivity index (χ4v) is 3.27. The summed E-state index contributed by atoms with van der Waals surface area (Å²) in [6.45, 7) is 3.22. The van der Waals surface area contributed by atoms with E-state index < -0.39 is 0 Å². The van der Waals surface area contributed by atoms with E-state index in [2.05, 4.69) is 24.4 Å². The van der Waals surface area contributed by atoms with Gasteiger partial charge >= 0.3 is 0 Å². The summed E-state index contributed by atoms with van der Waals surface area (Å²) in [5.74, 6) is 1.86. The molecule has 0 radical (unpaired) electrons. The van der Waals surface area contributed by atoms with Gasteiger partial charge in [-0.1, -0.05) is 44.4 Å². The summed E-state index contributed by atoms with van der Waals surface area (Å²) in [4.78, 5) is 0. The monoisotopic (exact) mass is 261 g/mol. The van der Waals surface area contributed by atoms with Crippen molar-refractivity contribution in [1.82, 2.24) is 5.32 Å². The van der Waals surface area contributed by atoms with Gasteiger partial charge in [-0.15, -0.1) is 0 Å². The number of ether oxygens (including phenoxy) is 1. The summed E-state index contributed by atoms with van der Waals surface area (Å²) in [7, 11) is 1.75. The van der Waals surface area contributed by atoms with E-state index in [1.165, 1.54) is 44.1 Å². The molecule has 19 heavy (non-hydrogen) atoms. The van der Waals surface area contributed by atoms with Crippen molar-refractivity contribution in [3.63, 3.8) is 0 Å². The van der Waals surface area contributed by atoms with E-state index in [1.807, 2.05) is 12.1 Å². The van der Waals surface area contributed by atoms with Crippen LogP contribution in [0.3, 0.4) is 0 Å². The Morgan fingerprint density at radius 3 is 2.63 bits per heavy atom. The normalized spacial score (nSPS) is 18.2. The van der Waals surface area contributed by atoms with Crippen LogP contribution in [0.15, 0.2) is 24.3 Å². The number of hydrogen-bond donors (Lipinski definition) is 1. The van der Waals surface area contributed by atoms with E-state index in [9.17, 15) is 0 Å². The zero-order chi connectivity index (χ0) is 13.5. The van der Waals surface area contributed by atoms with Gasteiger partial charge in [0.25, 0.3) is 0 Å². The van der Waals surface area contributed by atoms with Gasteiger partial charge < -0.3 is 10.1 Å². The van der Waals surface area contributed by atoms with Crippen LogP contribution in [-0.2, 0) is 6.54 Å². The molecule has 1 N–H and O–H groups in total. The number of methoxy groups -OCH3 is 1. The fourth-order valence-electron chi connectivity index (χ4n) is 3.27. The van der Waals surface area contributed by atoms with Gasteiger partial charge in [-0.05, 0) is 31.2 Å². The Hall–Kier alpha value is -1.02. The number of nitrogens with one attached hydrogen (secondary N) is 1. The summed E-state index contributed by atoms with van der Waals surface area (Å²) in [6.07, 6.45) is 8.28. The molecule has 1 atom stereocenters. The Labute approximate surface area is 117 Å². The predicted octanol–water partition coefficient (Wildman–Crippen LogP) is 4.14. The van der Waals surface area contributed by atoms with Gasteiger partial charge in [0.15, 0.2) is 0 Å². The van der Waals surface area contributed by atoms with Crippen molar-refractivity contribution >= 4 is 0 Å². The first-order valence-electron chi connectivity index (χ1n) is 7.70.